The highest BCUT2D eigenvalue weighted by molar-refractivity contribution is 6.31. The van der Waals surface area contributed by atoms with Crippen molar-refractivity contribution in [3.8, 4) is 17.3 Å². The van der Waals surface area contributed by atoms with Crippen LogP contribution in [0.25, 0.3) is 11.5 Å². The lowest BCUT2D eigenvalue weighted by Gasteiger charge is -2.21. The van der Waals surface area contributed by atoms with Gasteiger partial charge >= 0.3 is 0 Å². The average Bonchev–Trinajstić information content (AvgIpc) is 2.83. The Kier molecular flexibility index (Phi) is 7.22. The largest absolute Gasteiger partial charge is 0.485 e. The molecule has 198 valence electrons. The first-order valence-corrected chi connectivity index (χ1v) is 12.0. The molecular weight excluding hydrogens is 518 g/mol. The third kappa shape index (κ3) is 4.97. The molecule has 38 heavy (non-hydrogen) atoms. The number of aromatic nitrogens is 4. The van der Waals surface area contributed by atoms with Crippen LogP contribution >= 0.6 is 11.6 Å². The third-order valence-corrected chi connectivity index (χ3v) is 6.40. The van der Waals surface area contributed by atoms with E-state index >= 15 is 0 Å². The first kappa shape index (κ1) is 27.2. The molecule has 0 aliphatic carbocycles. The van der Waals surface area contributed by atoms with Crippen LogP contribution in [0.3, 0.4) is 0 Å². The lowest BCUT2D eigenvalue weighted by Crippen LogP contribution is -2.32. The molecule has 8 nitrogen and oxygen atoms in total. The highest BCUT2D eigenvalue weighted by atomic mass is 35.5. The van der Waals surface area contributed by atoms with Gasteiger partial charge in [-0.25, -0.2) is 13.8 Å². The summed E-state index contributed by atoms with van der Waals surface area (Å²) in [5.41, 5.74) is -0.293. The van der Waals surface area contributed by atoms with Crippen LogP contribution in [0.15, 0.2) is 52.4 Å². The van der Waals surface area contributed by atoms with E-state index in [4.69, 9.17) is 16.3 Å². The zero-order valence-corrected chi connectivity index (χ0v) is 22.1. The zero-order valence-electron chi connectivity index (χ0n) is 21.3. The Labute approximate surface area is 221 Å². The summed E-state index contributed by atoms with van der Waals surface area (Å²) in [6.07, 6.45) is 3.93. The van der Waals surface area contributed by atoms with E-state index in [1.807, 2.05) is 0 Å². The number of hydrogen-bond donors (Lipinski definition) is 1. The van der Waals surface area contributed by atoms with E-state index in [9.17, 15) is 23.5 Å². The molecule has 0 aliphatic rings. The van der Waals surface area contributed by atoms with Crippen molar-refractivity contribution in [2.75, 3.05) is 0 Å². The lowest BCUT2D eigenvalue weighted by molar-refractivity contribution is 0.0767. The van der Waals surface area contributed by atoms with E-state index in [1.54, 1.807) is 32.9 Å². The molecule has 0 radical (unpaired) electrons. The van der Waals surface area contributed by atoms with Crippen molar-refractivity contribution in [2.45, 2.75) is 46.8 Å². The topological polar surface area (TPSA) is 99.2 Å². The monoisotopic (exact) mass is 542 g/mol. The minimum Gasteiger partial charge on any atom is -0.485 e. The van der Waals surface area contributed by atoms with Crippen molar-refractivity contribution in [1.29, 1.82) is 0 Å². The minimum atomic E-state index is -1.37. The minimum absolute atomic E-state index is 0.00891. The number of rotatable bonds is 6. The highest BCUT2D eigenvalue weighted by Gasteiger charge is 2.24. The van der Waals surface area contributed by atoms with Crippen molar-refractivity contribution in [2.24, 2.45) is 0 Å². The molecule has 0 saturated carbocycles. The van der Waals surface area contributed by atoms with E-state index in [0.717, 1.165) is 6.20 Å². The SMILES string of the molecule is Cc1cnc(-n2cccc(C(C)(C)O)c2=O)c(C)c1-n1c(C)cc(OCc2ncc(F)cc2F)c(Cl)c1=O. The molecule has 0 saturated heterocycles. The highest BCUT2D eigenvalue weighted by Crippen LogP contribution is 2.28. The van der Waals surface area contributed by atoms with E-state index in [0.29, 0.717) is 28.6 Å². The molecule has 4 aromatic rings. The summed E-state index contributed by atoms with van der Waals surface area (Å²) in [6.45, 7) is 7.82. The summed E-state index contributed by atoms with van der Waals surface area (Å²) in [5, 5.41) is 10.2. The molecule has 4 heterocycles. The zero-order chi connectivity index (χ0) is 27.9. The summed E-state index contributed by atoms with van der Waals surface area (Å²) in [5.74, 6) is -1.41. The first-order valence-electron chi connectivity index (χ1n) is 11.6. The number of aliphatic hydroxyl groups is 1. The Bertz CT molecular complexity index is 1680. The summed E-state index contributed by atoms with van der Waals surface area (Å²) < 4.78 is 35.4. The molecule has 1 N–H and O–H groups in total. The number of pyridine rings is 4. The fourth-order valence-corrected chi connectivity index (χ4v) is 4.38. The lowest BCUT2D eigenvalue weighted by atomic mass is 10.00. The Hall–Kier alpha value is -3.89. The third-order valence-electron chi connectivity index (χ3n) is 6.05. The van der Waals surface area contributed by atoms with Crippen molar-refractivity contribution in [1.82, 2.24) is 19.1 Å². The quantitative estimate of drug-likeness (QED) is 0.387. The number of nitrogens with zero attached hydrogens (tertiary/aromatic N) is 4. The molecule has 0 atom stereocenters. The maximum atomic E-state index is 14.0. The van der Waals surface area contributed by atoms with Gasteiger partial charge < -0.3 is 9.84 Å². The van der Waals surface area contributed by atoms with Gasteiger partial charge in [0.2, 0.25) is 0 Å². The van der Waals surface area contributed by atoms with Crippen LogP contribution in [0.4, 0.5) is 8.78 Å². The normalized spacial score (nSPS) is 11.6. The van der Waals surface area contributed by atoms with Gasteiger partial charge in [-0.2, -0.15) is 0 Å². The van der Waals surface area contributed by atoms with Gasteiger partial charge in [-0.05, 0) is 52.3 Å². The summed E-state index contributed by atoms with van der Waals surface area (Å²) in [7, 11) is 0. The second kappa shape index (κ2) is 10.1. The van der Waals surface area contributed by atoms with Crippen LogP contribution in [0, 0.1) is 32.4 Å². The smallest absolute Gasteiger partial charge is 0.277 e. The van der Waals surface area contributed by atoms with Crippen LogP contribution in [0.2, 0.25) is 5.02 Å². The van der Waals surface area contributed by atoms with Crippen LogP contribution < -0.4 is 15.9 Å². The van der Waals surface area contributed by atoms with Gasteiger partial charge in [-0.3, -0.25) is 23.7 Å². The molecule has 0 fully saturated rings. The summed E-state index contributed by atoms with van der Waals surface area (Å²) in [6, 6.07) is 5.38. The van der Waals surface area contributed by atoms with Crippen LogP contribution in [0.1, 0.15) is 41.9 Å². The number of hydrogen-bond acceptors (Lipinski definition) is 6. The van der Waals surface area contributed by atoms with Crippen molar-refractivity contribution < 1.29 is 18.6 Å². The Balaban J connectivity index is 1.81. The van der Waals surface area contributed by atoms with Gasteiger partial charge in [-0.1, -0.05) is 11.6 Å². The predicted molar refractivity (Wildman–Crippen MR) is 138 cm³/mol. The Morgan fingerprint density at radius 1 is 1.08 bits per heavy atom. The molecular formula is C27H25ClF2N4O4. The van der Waals surface area contributed by atoms with E-state index < -0.39 is 28.4 Å². The van der Waals surface area contributed by atoms with Gasteiger partial charge in [0.15, 0.2) is 5.82 Å². The fourth-order valence-electron chi connectivity index (χ4n) is 4.19. The Morgan fingerprint density at radius 3 is 2.45 bits per heavy atom. The van der Waals surface area contributed by atoms with Gasteiger partial charge in [0.25, 0.3) is 11.1 Å². The average molecular weight is 543 g/mol. The maximum absolute atomic E-state index is 14.0. The van der Waals surface area contributed by atoms with Crippen LogP contribution in [-0.4, -0.2) is 24.2 Å². The molecule has 0 aromatic carbocycles. The van der Waals surface area contributed by atoms with E-state index in [1.165, 1.54) is 41.4 Å². The van der Waals surface area contributed by atoms with Crippen molar-refractivity contribution in [3.63, 3.8) is 0 Å². The van der Waals surface area contributed by atoms with Crippen LogP contribution in [-0.2, 0) is 12.2 Å². The number of ether oxygens (including phenoxy) is 1. The van der Waals surface area contributed by atoms with Gasteiger partial charge in [0.05, 0.1) is 17.5 Å². The number of aryl methyl sites for hydroxylation is 2. The first-order chi connectivity index (χ1) is 17.8. The van der Waals surface area contributed by atoms with E-state index in [2.05, 4.69) is 9.97 Å². The maximum Gasteiger partial charge on any atom is 0.277 e. The van der Waals surface area contributed by atoms with Crippen LogP contribution in [0.5, 0.6) is 5.75 Å². The molecule has 0 unspecified atom stereocenters. The molecule has 4 rings (SSSR count). The van der Waals surface area contributed by atoms with Gasteiger partial charge in [-0.15, -0.1) is 0 Å². The van der Waals surface area contributed by atoms with Gasteiger partial charge in [0.1, 0.15) is 34.7 Å². The summed E-state index contributed by atoms with van der Waals surface area (Å²) >= 11 is 6.38. The second-order valence-corrected chi connectivity index (χ2v) is 9.75. The number of halogens is 3. The molecule has 0 spiro atoms. The molecule has 0 bridgehead atoms. The molecule has 0 aliphatic heterocycles. The van der Waals surface area contributed by atoms with Gasteiger partial charge in [0, 0.05) is 41.3 Å². The van der Waals surface area contributed by atoms with Crippen molar-refractivity contribution in [3.05, 3.63) is 108 Å². The molecule has 4 aromatic heterocycles. The molecule has 0 amide bonds. The second-order valence-electron chi connectivity index (χ2n) is 9.37. The standard InChI is InChI=1S/C27H25ClF2N4O4/c1-14-11-32-24(33-8-6-7-18(25(33)35)27(4,5)37)16(3)23(14)34-15(2)9-21(22(28)26(34)36)38-13-20-19(30)10-17(29)12-31-20/h6-12,37H,13H2,1-5H3. The summed E-state index contributed by atoms with van der Waals surface area (Å²) in [4.78, 5) is 34.7. The molecule has 11 heteroatoms. The fraction of sp³-hybridized carbons (Fsp3) is 0.259. The van der Waals surface area contributed by atoms with E-state index in [-0.39, 0.29) is 34.5 Å². The predicted octanol–water partition coefficient (Wildman–Crippen LogP) is 4.44. The van der Waals surface area contributed by atoms with Crippen molar-refractivity contribution >= 4 is 11.6 Å². The Morgan fingerprint density at radius 2 is 1.79 bits per heavy atom.